The largest absolute Gasteiger partial charge is 0.507 e. The van der Waals surface area contributed by atoms with Crippen molar-refractivity contribution in [3.8, 4) is 5.75 Å². The molecule has 4 bridgehead atoms. The molecular weight excluding hydrogens is 364 g/mol. The first-order valence-corrected chi connectivity index (χ1v) is 12.3. The van der Waals surface area contributed by atoms with Gasteiger partial charge in [-0.15, -0.1) is 0 Å². The minimum atomic E-state index is 0.0767. The molecule has 4 fully saturated rings. The summed E-state index contributed by atoms with van der Waals surface area (Å²) in [5.74, 6) is 3.64. The summed E-state index contributed by atoms with van der Waals surface area (Å²) in [5, 5.41) is 11.9. The van der Waals surface area contributed by atoms with Crippen LogP contribution in [0.4, 0.5) is 0 Å². The highest BCUT2D eigenvalue weighted by Gasteiger charge is 2.53. The highest BCUT2D eigenvalue weighted by molar-refractivity contribution is 5.83. The molecule has 0 spiro atoms. The van der Waals surface area contributed by atoms with Crippen molar-refractivity contribution in [3.05, 3.63) is 45.5 Å². The average Bonchev–Trinajstić information content (AvgIpc) is 2.83. The molecule has 5 aliphatic rings. The minimum absolute atomic E-state index is 0.0767. The Bertz CT molecular complexity index is 930. The van der Waals surface area contributed by atoms with E-state index in [9.17, 15) is 5.11 Å². The van der Waals surface area contributed by atoms with Gasteiger partial charge in [0.15, 0.2) is 0 Å². The molecule has 1 aromatic rings. The molecule has 0 radical (unpaired) electrons. The lowest BCUT2D eigenvalue weighted by atomic mass is 9.47. The predicted molar refractivity (Wildman–Crippen MR) is 127 cm³/mol. The van der Waals surface area contributed by atoms with Crippen molar-refractivity contribution in [1.82, 2.24) is 0 Å². The molecule has 0 saturated heterocycles. The molecule has 1 N–H and O–H groups in total. The number of hydrogen-bond acceptors (Lipinski definition) is 1. The Morgan fingerprint density at radius 3 is 1.83 bits per heavy atom. The van der Waals surface area contributed by atoms with Gasteiger partial charge in [-0.2, -0.15) is 0 Å². The SMILES string of the molecule is CC1=C(C)C(C)C(c2cc(C(C)(C)C)cc(C34CC5CC(CC(C5)C3)C4)c2O)=C1C. The molecule has 0 aliphatic heterocycles. The van der Waals surface area contributed by atoms with E-state index in [2.05, 4.69) is 60.6 Å². The van der Waals surface area contributed by atoms with Crippen LogP contribution in [0.15, 0.2) is 28.9 Å². The highest BCUT2D eigenvalue weighted by atomic mass is 16.3. The Balaban J connectivity index is 1.71. The van der Waals surface area contributed by atoms with Crippen LogP contribution in [0.2, 0.25) is 0 Å². The van der Waals surface area contributed by atoms with E-state index in [1.54, 1.807) is 0 Å². The van der Waals surface area contributed by atoms with E-state index < -0.39 is 0 Å². The van der Waals surface area contributed by atoms with E-state index in [1.807, 2.05) is 0 Å². The highest BCUT2D eigenvalue weighted by Crippen LogP contribution is 2.63. The van der Waals surface area contributed by atoms with E-state index >= 15 is 0 Å². The normalized spacial score (nSPS) is 35.7. The molecule has 1 nitrogen and oxygen atoms in total. The molecular formula is C29H40O. The molecule has 0 amide bonds. The zero-order chi connectivity index (χ0) is 21.6. The van der Waals surface area contributed by atoms with E-state index in [4.69, 9.17) is 0 Å². The van der Waals surface area contributed by atoms with Gasteiger partial charge >= 0.3 is 0 Å². The van der Waals surface area contributed by atoms with Gasteiger partial charge in [0.2, 0.25) is 0 Å². The summed E-state index contributed by atoms with van der Waals surface area (Å²) >= 11 is 0. The fourth-order valence-electron chi connectivity index (χ4n) is 7.92. The number of benzene rings is 1. The molecule has 30 heavy (non-hydrogen) atoms. The van der Waals surface area contributed by atoms with Crippen molar-refractivity contribution in [1.29, 1.82) is 0 Å². The Labute approximate surface area is 183 Å². The predicted octanol–water partition coefficient (Wildman–Crippen LogP) is 7.92. The van der Waals surface area contributed by atoms with Gasteiger partial charge in [-0.3, -0.25) is 0 Å². The number of phenolic OH excluding ortho intramolecular Hbond substituents is 1. The van der Waals surface area contributed by atoms with Crippen molar-refractivity contribution < 1.29 is 5.11 Å². The van der Waals surface area contributed by atoms with Crippen LogP contribution < -0.4 is 0 Å². The standard InChI is InChI=1S/C29H40O/c1-16-17(2)19(4)26(18(16)3)24-11-23(28(5,6)7)12-25(27(24)30)29-13-20-8-21(14-29)10-22(9-20)15-29/h11-12,18,20-22,30H,8-10,13-15H2,1-7H3. The summed E-state index contributed by atoms with van der Waals surface area (Å²) in [6, 6.07) is 4.73. The van der Waals surface area contributed by atoms with Gasteiger partial charge in [0.05, 0.1) is 0 Å². The minimum Gasteiger partial charge on any atom is -0.507 e. The molecule has 162 valence electrons. The third-order valence-electron chi connectivity index (χ3n) is 9.52. The lowest BCUT2D eigenvalue weighted by Gasteiger charge is -2.57. The molecule has 1 atom stereocenters. The van der Waals surface area contributed by atoms with E-state index in [0.717, 1.165) is 23.3 Å². The molecule has 6 rings (SSSR count). The van der Waals surface area contributed by atoms with Crippen LogP contribution in [0.1, 0.15) is 104 Å². The third-order valence-corrected chi connectivity index (χ3v) is 9.52. The topological polar surface area (TPSA) is 20.2 Å². The van der Waals surface area contributed by atoms with Gasteiger partial charge in [-0.1, -0.05) is 39.3 Å². The van der Waals surface area contributed by atoms with Crippen molar-refractivity contribution in [2.45, 2.75) is 97.8 Å². The first kappa shape index (κ1) is 20.4. The second kappa shape index (κ2) is 6.50. The van der Waals surface area contributed by atoms with Crippen LogP contribution >= 0.6 is 0 Å². The maximum Gasteiger partial charge on any atom is 0.126 e. The van der Waals surface area contributed by atoms with Crippen LogP contribution in [0, 0.1) is 23.7 Å². The quantitative estimate of drug-likeness (QED) is 0.531. The number of hydrogen-bond donors (Lipinski definition) is 1. The summed E-state index contributed by atoms with van der Waals surface area (Å²) in [5.41, 5.74) is 9.69. The van der Waals surface area contributed by atoms with Crippen LogP contribution in [0.3, 0.4) is 0 Å². The number of rotatable bonds is 2. The molecule has 0 aromatic heterocycles. The van der Waals surface area contributed by atoms with Gasteiger partial charge in [0.25, 0.3) is 0 Å². The molecule has 1 aromatic carbocycles. The second-order valence-electron chi connectivity index (χ2n) is 12.4. The first-order valence-electron chi connectivity index (χ1n) is 12.3. The van der Waals surface area contributed by atoms with Crippen molar-refractivity contribution in [2.75, 3.05) is 0 Å². The number of phenols is 1. The second-order valence-corrected chi connectivity index (χ2v) is 12.4. The summed E-state index contributed by atoms with van der Waals surface area (Å²) in [4.78, 5) is 0. The van der Waals surface area contributed by atoms with Crippen LogP contribution in [-0.4, -0.2) is 5.11 Å². The zero-order valence-electron chi connectivity index (χ0n) is 20.2. The van der Waals surface area contributed by atoms with Gasteiger partial charge < -0.3 is 5.11 Å². The van der Waals surface area contributed by atoms with Crippen molar-refractivity contribution >= 4 is 5.57 Å². The van der Waals surface area contributed by atoms with Crippen LogP contribution in [0.25, 0.3) is 5.57 Å². The maximum atomic E-state index is 11.9. The third kappa shape index (κ3) is 2.87. The van der Waals surface area contributed by atoms with Crippen molar-refractivity contribution in [3.63, 3.8) is 0 Å². The molecule has 5 aliphatic carbocycles. The summed E-state index contributed by atoms with van der Waals surface area (Å²) in [7, 11) is 0. The zero-order valence-corrected chi connectivity index (χ0v) is 20.2. The lowest BCUT2D eigenvalue weighted by Crippen LogP contribution is -2.48. The van der Waals surface area contributed by atoms with Gasteiger partial charge in [0.1, 0.15) is 5.75 Å². The van der Waals surface area contributed by atoms with Gasteiger partial charge in [-0.05, 0) is 116 Å². The molecule has 1 unspecified atom stereocenters. The monoisotopic (exact) mass is 404 g/mol. The van der Waals surface area contributed by atoms with Gasteiger partial charge in [0, 0.05) is 17.0 Å². The van der Waals surface area contributed by atoms with E-state index in [-0.39, 0.29) is 10.8 Å². The number of allylic oxidation sites excluding steroid dienone is 4. The Morgan fingerprint density at radius 2 is 1.40 bits per heavy atom. The van der Waals surface area contributed by atoms with E-state index in [0.29, 0.717) is 11.7 Å². The smallest absolute Gasteiger partial charge is 0.126 e. The Kier molecular flexibility index (Phi) is 4.42. The fourth-order valence-corrected chi connectivity index (χ4v) is 7.92. The average molecular weight is 405 g/mol. The molecule has 4 saturated carbocycles. The first-order chi connectivity index (χ1) is 14.0. The van der Waals surface area contributed by atoms with Crippen molar-refractivity contribution in [2.24, 2.45) is 23.7 Å². The van der Waals surface area contributed by atoms with E-state index in [1.165, 1.54) is 71.9 Å². The Hall–Kier alpha value is -1.50. The van der Waals surface area contributed by atoms with Crippen LogP contribution in [-0.2, 0) is 10.8 Å². The maximum absolute atomic E-state index is 11.9. The molecule has 1 heteroatoms. The summed E-state index contributed by atoms with van der Waals surface area (Å²) < 4.78 is 0. The summed E-state index contributed by atoms with van der Waals surface area (Å²) in [6.45, 7) is 16.0. The van der Waals surface area contributed by atoms with Crippen LogP contribution in [0.5, 0.6) is 5.75 Å². The Morgan fingerprint density at radius 1 is 0.867 bits per heavy atom. The number of aromatic hydroxyl groups is 1. The lowest BCUT2D eigenvalue weighted by molar-refractivity contribution is -0.00620. The van der Waals surface area contributed by atoms with Gasteiger partial charge in [-0.25, -0.2) is 0 Å². The molecule has 0 heterocycles. The fraction of sp³-hybridized carbons (Fsp3) is 0.655. The summed E-state index contributed by atoms with van der Waals surface area (Å²) in [6.07, 6.45) is 8.21.